The lowest BCUT2D eigenvalue weighted by Crippen LogP contribution is -2.57. The molecule has 2 aromatic heterocycles. The molecule has 4 aliphatic heterocycles. The zero-order valence-corrected chi connectivity index (χ0v) is 44.6. The fraction of sp³-hybridized carbons (Fsp3) is 0.451. The molecular formula is C51H53F2N7O10S5. The Morgan fingerprint density at radius 2 is 1.00 bits per heavy atom. The zero-order chi connectivity index (χ0) is 52.5. The molecule has 17 nitrogen and oxygen atoms in total. The van der Waals surface area contributed by atoms with Crippen molar-refractivity contribution < 1.29 is 53.8 Å². The maximum absolute atomic E-state index is 14.7. The van der Waals surface area contributed by atoms with Crippen molar-refractivity contribution >= 4 is 86.2 Å². The standard InChI is InChI=1S/C51H53F2N7O10S5/c1-73(65,66)58(22-32-24-71-48-44(32)74(67,68)56-46(54-48)38-42(61)36-28-4-2-6-30(14-12-28)40(36)59(50(38)63)20-26-8-16-34(52)17-9-26)23-33-25-72-49-45(33)75(69,70)57-47(55-49)39-43(62)37-29-5-3-7-31(15-13-29)41(37)60(51(39)64)21-27-10-18-35(53)19-11-27/h8-11,16-19,24-25,28-31,36-37,40-41,61-62H,2-7,12-15,20-23H2,1H3,(H,54,56)(H,55,57). The molecule has 75 heavy (non-hydrogen) atoms. The number of carbonyl (C=O) groups excluding carboxylic acids is 2. The first kappa shape index (κ1) is 50.3. The molecule has 6 aliphatic carbocycles. The van der Waals surface area contributed by atoms with Crippen LogP contribution in [0.2, 0.25) is 0 Å². The first-order valence-electron chi connectivity index (χ1n) is 25.1. The molecule has 4 bridgehead atoms. The molecule has 4 aromatic rings. The molecule has 2 amide bonds. The highest BCUT2D eigenvalue weighted by atomic mass is 32.2. The van der Waals surface area contributed by atoms with Crippen molar-refractivity contribution in [3.8, 4) is 0 Å². The van der Waals surface area contributed by atoms with Gasteiger partial charge in [-0.05, 0) is 121 Å². The molecule has 24 heteroatoms. The Morgan fingerprint density at radius 1 is 0.627 bits per heavy atom. The van der Waals surface area contributed by atoms with E-state index in [1.165, 1.54) is 35.0 Å². The summed E-state index contributed by atoms with van der Waals surface area (Å²) in [5.74, 6) is -4.08. The maximum atomic E-state index is 14.7. The van der Waals surface area contributed by atoms with Gasteiger partial charge in [0.2, 0.25) is 10.0 Å². The number of carbonyl (C=O) groups is 2. The van der Waals surface area contributed by atoms with E-state index in [-0.39, 0.29) is 114 Å². The summed E-state index contributed by atoms with van der Waals surface area (Å²) in [6.07, 6.45) is 9.46. The highest BCUT2D eigenvalue weighted by molar-refractivity contribution is 7.91. The van der Waals surface area contributed by atoms with Crippen LogP contribution in [0.4, 0.5) is 18.8 Å². The highest BCUT2D eigenvalue weighted by Gasteiger charge is 2.55. The Kier molecular flexibility index (Phi) is 12.5. The van der Waals surface area contributed by atoms with Gasteiger partial charge in [-0.15, -0.1) is 31.5 Å². The first-order valence-corrected chi connectivity index (χ1v) is 31.6. The van der Waals surface area contributed by atoms with Crippen LogP contribution in [0.3, 0.4) is 0 Å². The normalized spacial score (nSPS) is 28.6. The summed E-state index contributed by atoms with van der Waals surface area (Å²) >= 11 is 1.86. The second kappa shape index (κ2) is 18.6. The number of hydrogen-bond donors (Lipinski definition) is 4. The molecule has 0 radical (unpaired) electrons. The van der Waals surface area contributed by atoms with Crippen LogP contribution in [0.5, 0.6) is 0 Å². The number of aliphatic hydroxyl groups excluding tert-OH is 2. The fourth-order valence-corrected chi connectivity index (χ4v) is 19.5. The van der Waals surface area contributed by atoms with Gasteiger partial charge in [0.05, 0.1) is 6.26 Å². The van der Waals surface area contributed by atoms with Crippen LogP contribution in [0, 0.1) is 47.1 Å². The lowest BCUT2D eigenvalue weighted by atomic mass is 9.67. The van der Waals surface area contributed by atoms with Crippen molar-refractivity contribution in [1.82, 2.24) is 14.1 Å². The van der Waals surface area contributed by atoms with E-state index in [4.69, 9.17) is 0 Å². The highest BCUT2D eigenvalue weighted by Crippen LogP contribution is 2.53. The van der Waals surface area contributed by atoms with Crippen LogP contribution < -0.4 is 10.6 Å². The second-order valence-corrected chi connectivity index (χ2v) is 28.0. The van der Waals surface area contributed by atoms with Crippen molar-refractivity contribution in [2.75, 3.05) is 16.9 Å². The van der Waals surface area contributed by atoms with Gasteiger partial charge in [0.15, 0.2) is 11.7 Å². The second-order valence-electron chi connectivity index (χ2n) is 21.2. The van der Waals surface area contributed by atoms with Gasteiger partial charge < -0.3 is 30.6 Å². The minimum absolute atomic E-state index is 0.0160. The van der Waals surface area contributed by atoms with Crippen LogP contribution in [-0.4, -0.2) is 91.4 Å². The summed E-state index contributed by atoms with van der Waals surface area (Å²) in [5.41, 5.74) is 0.789. The van der Waals surface area contributed by atoms with Crippen LogP contribution in [0.15, 0.2) is 101 Å². The quantitative estimate of drug-likeness (QED) is 0.111. The average Bonchev–Trinajstić information content (AvgIpc) is 3.60. The van der Waals surface area contributed by atoms with Gasteiger partial charge in [-0.2, -0.15) is 21.1 Å². The predicted octanol–water partition coefficient (Wildman–Crippen LogP) is 8.17. The van der Waals surface area contributed by atoms with E-state index in [9.17, 15) is 53.8 Å². The summed E-state index contributed by atoms with van der Waals surface area (Å²) in [5, 5.41) is 33.1. The fourth-order valence-electron chi connectivity index (χ4n) is 13.6. The van der Waals surface area contributed by atoms with Crippen LogP contribution in [0.25, 0.3) is 0 Å². The van der Waals surface area contributed by atoms with Crippen molar-refractivity contribution in [2.45, 2.75) is 112 Å². The molecule has 4 N–H and O–H groups in total. The van der Waals surface area contributed by atoms with Gasteiger partial charge >= 0.3 is 0 Å². The number of amides is 2. The van der Waals surface area contributed by atoms with E-state index >= 15 is 0 Å². The largest absolute Gasteiger partial charge is 0.511 e. The molecule has 8 unspecified atom stereocenters. The van der Waals surface area contributed by atoms with Crippen molar-refractivity contribution in [1.29, 1.82) is 0 Å². The molecule has 8 atom stereocenters. The molecule has 396 valence electrons. The minimum atomic E-state index is -4.69. The number of sulfonamides is 3. The molecule has 2 aromatic carbocycles. The number of halogens is 2. The van der Waals surface area contributed by atoms with E-state index in [1.807, 2.05) is 0 Å². The third-order valence-electron chi connectivity index (χ3n) is 16.9. The van der Waals surface area contributed by atoms with Crippen LogP contribution in [-0.2, 0) is 65.8 Å². The van der Waals surface area contributed by atoms with Crippen molar-refractivity contribution in [2.24, 2.45) is 44.3 Å². The Labute approximate surface area is 440 Å². The number of benzene rings is 2. The molecule has 0 spiro atoms. The number of nitrogens with zero attached hydrogens (tertiary/aromatic N) is 5. The van der Waals surface area contributed by atoms with Gasteiger partial charge in [0.25, 0.3) is 31.9 Å². The van der Waals surface area contributed by atoms with Gasteiger partial charge in [0.1, 0.15) is 54.1 Å². The zero-order valence-electron chi connectivity index (χ0n) is 40.5. The summed E-state index contributed by atoms with van der Waals surface area (Å²) in [6, 6.07) is 10.8. The molecule has 6 heterocycles. The van der Waals surface area contributed by atoms with Crippen LogP contribution in [0.1, 0.15) is 86.5 Å². The number of amidine groups is 2. The van der Waals surface area contributed by atoms with E-state index < -0.39 is 78.4 Å². The number of anilines is 2. The number of hydrogen-bond acceptors (Lipinski definition) is 14. The van der Waals surface area contributed by atoms with E-state index in [0.29, 0.717) is 11.1 Å². The Balaban J connectivity index is 0.830. The van der Waals surface area contributed by atoms with Gasteiger partial charge in [-0.25, -0.2) is 17.2 Å². The molecule has 10 aliphatic rings. The van der Waals surface area contributed by atoms with E-state index in [0.717, 1.165) is 97.4 Å². The molecule has 6 fully saturated rings. The molecule has 14 rings (SSSR count). The third-order valence-corrected chi connectivity index (χ3v) is 23.0. The van der Waals surface area contributed by atoms with Crippen LogP contribution >= 0.6 is 22.7 Å². The Morgan fingerprint density at radius 3 is 1.39 bits per heavy atom. The van der Waals surface area contributed by atoms with Crippen molar-refractivity contribution in [3.63, 3.8) is 0 Å². The first-order chi connectivity index (χ1) is 35.8. The predicted molar refractivity (Wildman–Crippen MR) is 277 cm³/mol. The Hall–Kier alpha value is -5.53. The average molecular weight is 1120 g/mol. The minimum Gasteiger partial charge on any atom is -0.511 e. The Bertz CT molecular complexity index is 3320. The lowest BCUT2D eigenvalue weighted by molar-refractivity contribution is -0.137. The number of thiophene rings is 2. The topological polar surface area (TPSA) is 236 Å². The van der Waals surface area contributed by atoms with E-state index in [1.54, 1.807) is 34.1 Å². The summed E-state index contributed by atoms with van der Waals surface area (Å²) in [4.78, 5) is 32.0. The summed E-state index contributed by atoms with van der Waals surface area (Å²) in [7, 11) is -13.6. The molecule has 6 saturated carbocycles. The third kappa shape index (κ3) is 8.70. The summed E-state index contributed by atoms with van der Waals surface area (Å²) < 4.78 is 122. The van der Waals surface area contributed by atoms with Gasteiger partial charge in [0, 0.05) is 61.2 Å². The smallest absolute Gasteiger partial charge is 0.287 e. The molecule has 0 saturated heterocycles. The summed E-state index contributed by atoms with van der Waals surface area (Å²) in [6.45, 7) is -0.901. The number of fused-ring (bicyclic) bond motifs is 8. The van der Waals surface area contributed by atoms with Gasteiger partial charge in [-0.3, -0.25) is 9.59 Å². The maximum Gasteiger partial charge on any atom is 0.287 e. The number of aliphatic hydroxyl groups is 2. The SMILES string of the molecule is CS(=O)(=O)N(Cc1csc2c1S(=O)(=O)N=C(C1=C(O)C3C4CCCC(CC4)C3N(Cc3ccc(F)cc3)C1=O)N2)Cc1csc2c1S(=O)(=O)N=C(C1=C(O)C3C4CCCC(CC4)C3N(Cc3ccc(F)cc3)C1=O)N2. The van der Waals surface area contributed by atoms with E-state index in [2.05, 4.69) is 19.4 Å². The number of rotatable bonds is 11. The van der Waals surface area contributed by atoms with Gasteiger partial charge in [-0.1, -0.05) is 37.1 Å². The van der Waals surface area contributed by atoms with Crippen molar-refractivity contribution in [3.05, 3.63) is 116 Å². The number of nitrogens with one attached hydrogen (secondary N) is 2. The lowest BCUT2D eigenvalue weighted by Gasteiger charge is -2.49. The molecular weight excluding hydrogens is 1070 g/mol. The monoisotopic (exact) mass is 1120 g/mol.